The number of hydrogen-bond donors (Lipinski definition) is 2. The van der Waals surface area contributed by atoms with Crippen molar-refractivity contribution in [1.29, 1.82) is 0 Å². The first-order valence-corrected chi connectivity index (χ1v) is 10.2. The fraction of sp³-hybridized carbons (Fsp3) is 0.120. The van der Waals surface area contributed by atoms with E-state index >= 15 is 0 Å². The van der Waals surface area contributed by atoms with Crippen molar-refractivity contribution in [3.63, 3.8) is 0 Å². The highest BCUT2D eigenvalue weighted by Gasteiger charge is 2.28. The quantitative estimate of drug-likeness (QED) is 0.565. The van der Waals surface area contributed by atoms with Crippen LogP contribution in [0.5, 0.6) is 0 Å². The van der Waals surface area contributed by atoms with Gasteiger partial charge in [-0.25, -0.2) is 4.79 Å². The number of ether oxygens (including phenoxy) is 1. The Morgan fingerprint density at radius 3 is 2.17 bits per heavy atom. The molecule has 0 spiro atoms. The molecule has 1 aliphatic rings. The maximum absolute atomic E-state index is 12.2. The standard InChI is InChI=1S/C25H22N2O2S/c26-24(30)18-13-11-17(12-14-18)6-5-15-27-25(28)29-16-23-21-9-3-1-7-19(21)20-8-2-4-10-22(20)23/h1-14,23H,15-16H2,(H2,26,30)(H,27,28). The summed E-state index contributed by atoms with van der Waals surface area (Å²) in [6, 6.07) is 24.2. The molecular weight excluding hydrogens is 392 g/mol. The molecule has 0 aromatic heterocycles. The number of amides is 1. The molecule has 150 valence electrons. The van der Waals surface area contributed by atoms with Crippen molar-refractivity contribution < 1.29 is 9.53 Å². The summed E-state index contributed by atoms with van der Waals surface area (Å²) in [5.41, 5.74) is 12.3. The lowest BCUT2D eigenvalue weighted by Crippen LogP contribution is -2.26. The van der Waals surface area contributed by atoms with Crippen LogP contribution in [0.1, 0.15) is 28.2 Å². The molecule has 5 heteroatoms. The maximum Gasteiger partial charge on any atom is 0.407 e. The van der Waals surface area contributed by atoms with Crippen LogP contribution in [0.25, 0.3) is 17.2 Å². The highest BCUT2D eigenvalue weighted by molar-refractivity contribution is 7.80. The van der Waals surface area contributed by atoms with Crippen LogP contribution in [0.3, 0.4) is 0 Å². The van der Waals surface area contributed by atoms with Crippen LogP contribution in [0, 0.1) is 0 Å². The summed E-state index contributed by atoms with van der Waals surface area (Å²) in [5.74, 6) is 0.0610. The number of thiocarbonyl (C=S) groups is 1. The Labute approximate surface area is 181 Å². The molecule has 0 heterocycles. The number of benzene rings is 3. The zero-order chi connectivity index (χ0) is 20.9. The van der Waals surface area contributed by atoms with Gasteiger partial charge in [0.15, 0.2) is 0 Å². The van der Waals surface area contributed by atoms with Gasteiger partial charge in [-0.1, -0.05) is 97.2 Å². The van der Waals surface area contributed by atoms with E-state index in [2.05, 4.69) is 29.6 Å². The number of nitrogens with one attached hydrogen (secondary N) is 1. The minimum Gasteiger partial charge on any atom is -0.449 e. The topological polar surface area (TPSA) is 64.3 Å². The van der Waals surface area contributed by atoms with Gasteiger partial charge in [0.2, 0.25) is 0 Å². The van der Waals surface area contributed by atoms with Crippen LogP contribution in [0.4, 0.5) is 4.79 Å². The molecule has 0 saturated carbocycles. The molecular formula is C25H22N2O2S. The van der Waals surface area contributed by atoms with Crippen molar-refractivity contribution >= 4 is 29.4 Å². The predicted octanol–water partition coefficient (Wildman–Crippen LogP) is 4.87. The summed E-state index contributed by atoms with van der Waals surface area (Å²) in [7, 11) is 0. The third-order valence-corrected chi connectivity index (χ3v) is 5.45. The van der Waals surface area contributed by atoms with E-state index in [-0.39, 0.29) is 5.92 Å². The van der Waals surface area contributed by atoms with Crippen LogP contribution in [-0.2, 0) is 4.74 Å². The zero-order valence-corrected chi connectivity index (χ0v) is 17.2. The fourth-order valence-electron chi connectivity index (χ4n) is 3.75. The number of rotatable bonds is 6. The highest BCUT2D eigenvalue weighted by Crippen LogP contribution is 2.44. The molecule has 0 unspecified atom stereocenters. The molecule has 4 rings (SSSR count). The predicted molar refractivity (Wildman–Crippen MR) is 124 cm³/mol. The summed E-state index contributed by atoms with van der Waals surface area (Å²) in [5, 5.41) is 2.77. The molecule has 30 heavy (non-hydrogen) atoms. The smallest absolute Gasteiger partial charge is 0.407 e. The molecule has 3 aromatic rings. The van der Waals surface area contributed by atoms with Crippen LogP contribution < -0.4 is 11.1 Å². The second kappa shape index (κ2) is 8.93. The molecule has 1 aliphatic carbocycles. The van der Waals surface area contributed by atoms with Gasteiger partial charge >= 0.3 is 6.09 Å². The van der Waals surface area contributed by atoms with Gasteiger partial charge in [0.1, 0.15) is 11.6 Å². The third kappa shape index (κ3) is 4.26. The van der Waals surface area contributed by atoms with Gasteiger partial charge in [-0.15, -0.1) is 0 Å². The number of alkyl carbamates (subject to hydrolysis) is 1. The lowest BCUT2D eigenvalue weighted by Gasteiger charge is -2.14. The van der Waals surface area contributed by atoms with Crippen molar-refractivity contribution in [2.24, 2.45) is 5.73 Å². The van der Waals surface area contributed by atoms with Crippen LogP contribution in [0.15, 0.2) is 78.9 Å². The number of fused-ring (bicyclic) bond motifs is 3. The van der Waals surface area contributed by atoms with Crippen molar-refractivity contribution in [2.45, 2.75) is 5.92 Å². The second-order valence-electron chi connectivity index (χ2n) is 7.10. The summed E-state index contributed by atoms with van der Waals surface area (Å²) < 4.78 is 5.52. The lowest BCUT2D eigenvalue weighted by molar-refractivity contribution is 0.144. The van der Waals surface area contributed by atoms with Gasteiger partial charge in [0, 0.05) is 18.0 Å². The minimum absolute atomic E-state index is 0.0610. The number of hydrogen-bond acceptors (Lipinski definition) is 3. The van der Waals surface area contributed by atoms with Gasteiger partial charge in [0.25, 0.3) is 0 Å². The van der Waals surface area contributed by atoms with Crippen LogP contribution in [-0.4, -0.2) is 24.2 Å². The lowest BCUT2D eigenvalue weighted by atomic mass is 9.98. The van der Waals surface area contributed by atoms with Gasteiger partial charge in [0.05, 0.1) is 0 Å². The van der Waals surface area contributed by atoms with E-state index in [1.54, 1.807) is 0 Å². The van der Waals surface area contributed by atoms with Gasteiger partial charge in [-0.05, 0) is 27.8 Å². The normalized spacial score (nSPS) is 12.4. The summed E-state index contributed by atoms with van der Waals surface area (Å²) in [6.07, 6.45) is 3.37. The Morgan fingerprint density at radius 1 is 0.967 bits per heavy atom. The number of nitrogens with two attached hydrogens (primary N) is 1. The Hall–Kier alpha value is -3.44. The Bertz CT molecular complexity index is 1060. The average molecular weight is 415 g/mol. The van der Waals surface area contributed by atoms with Crippen LogP contribution in [0.2, 0.25) is 0 Å². The molecule has 3 aromatic carbocycles. The van der Waals surface area contributed by atoms with Gasteiger partial charge in [-0.2, -0.15) is 0 Å². The Balaban J connectivity index is 1.31. The highest BCUT2D eigenvalue weighted by atomic mass is 32.1. The minimum atomic E-state index is -0.426. The van der Waals surface area contributed by atoms with Gasteiger partial charge in [-0.3, -0.25) is 0 Å². The summed E-state index contributed by atoms with van der Waals surface area (Å²) in [4.78, 5) is 12.5. The van der Waals surface area contributed by atoms with E-state index in [1.165, 1.54) is 22.3 Å². The van der Waals surface area contributed by atoms with Crippen molar-refractivity contribution in [3.05, 3.63) is 101 Å². The first kappa shape index (κ1) is 19.9. The maximum atomic E-state index is 12.2. The third-order valence-electron chi connectivity index (χ3n) is 5.21. The number of carbonyl (C=O) groups is 1. The fourth-order valence-corrected chi connectivity index (χ4v) is 3.88. The molecule has 0 bridgehead atoms. The molecule has 4 nitrogen and oxygen atoms in total. The summed E-state index contributed by atoms with van der Waals surface area (Å²) >= 11 is 4.95. The first-order valence-electron chi connectivity index (χ1n) is 9.79. The van der Waals surface area contributed by atoms with Crippen molar-refractivity contribution in [3.8, 4) is 11.1 Å². The van der Waals surface area contributed by atoms with Crippen LogP contribution >= 0.6 is 12.2 Å². The number of carbonyl (C=O) groups excluding carboxylic acids is 1. The van der Waals surface area contributed by atoms with E-state index in [9.17, 15) is 4.79 Å². The molecule has 0 fully saturated rings. The molecule has 0 atom stereocenters. The Morgan fingerprint density at radius 2 is 1.57 bits per heavy atom. The monoisotopic (exact) mass is 414 g/mol. The van der Waals surface area contributed by atoms with Crippen molar-refractivity contribution in [2.75, 3.05) is 13.2 Å². The van der Waals surface area contributed by atoms with Gasteiger partial charge < -0.3 is 15.8 Å². The molecule has 3 N–H and O–H groups in total. The second-order valence-corrected chi connectivity index (χ2v) is 7.53. The summed E-state index contributed by atoms with van der Waals surface area (Å²) in [6.45, 7) is 0.692. The molecule has 0 radical (unpaired) electrons. The Kier molecular flexibility index (Phi) is 5.91. The van der Waals surface area contributed by atoms with E-state index < -0.39 is 6.09 Å². The van der Waals surface area contributed by atoms with E-state index in [4.69, 9.17) is 22.7 Å². The van der Waals surface area contributed by atoms with E-state index in [0.717, 1.165) is 11.1 Å². The first-order chi connectivity index (χ1) is 14.6. The molecule has 0 saturated heterocycles. The average Bonchev–Trinajstić information content (AvgIpc) is 3.09. The molecule has 1 amide bonds. The van der Waals surface area contributed by atoms with E-state index in [0.29, 0.717) is 18.1 Å². The van der Waals surface area contributed by atoms with E-state index in [1.807, 2.05) is 60.7 Å². The molecule has 0 aliphatic heterocycles. The largest absolute Gasteiger partial charge is 0.449 e. The SMILES string of the molecule is NC(=S)c1ccc(C=CCNC(=O)OCC2c3ccccc3-c3ccccc32)cc1. The zero-order valence-electron chi connectivity index (χ0n) is 16.4. The van der Waals surface area contributed by atoms with Crippen molar-refractivity contribution in [1.82, 2.24) is 5.32 Å².